The van der Waals surface area contributed by atoms with Gasteiger partial charge in [0.05, 0.1) is 17.1 Å². The first kappa shape index (κ1) is 11.7. The summed E-state index contributed by atoms with van der Waals surface area (Å²) in [6, 6.07) is 7.56. The SMILES string of the molecule is N[C@@H](Cc1ccsc1)c1nc2ccc(Cl)cc2[nH]1. The third-order valence-corrected chi connectivity index (χ3v) is 3.82. The molecule has 0 saturated heterocycles. The molecule has 0 amide bonds. The number of halogens is 1. The number of nitrogens with zero attached hydrogens (tertiary/aromatic N) is 1. The van der Waals surface area contributed by atoms with E-state index in [4.69, 9.17) is 17.3 Å². The normalized spacial score (nSPS) is 13.0. The summed E-state index contributed by atoms with van der Waals surface area (Å²) in [6.45, 7) is 0. The van der Waals surface area contributed by atoms with Crippen LogP contribution in [-0.2, 0) is 6.42 Å². The molecule has 0 radical (unpaired) electrons. The lowest BCUT2D eigenvalue weighted by Gasteiger charge is -2.06. The lowest BCUT2D eigenvalue weighted by Crippen LogP contribution is -2.14. The maximum Gasteiger partial charge on any atom is 0.124 e. The summed E-state index contributed by atoms with van der Waals surface area (Å²) < 4.78 is 0. The molecule has 3 N–H and O–H groups in total. The number of nitrogens with one attached hydrogen (secondary N) is 1. The van der Waals surface area contributed by atoms with Crippen molar-refractivity contribution in [3.63, 3.8) is 0 Å². The Kier molecular flexibility index (Phi) is 3.07. The van der Waals surface area contributed by atoms with Crippen molar-refractivity contribution in [3.8, 4) is 0 Å². The molecular weight excluding hydrogens is 266 g/mol. The molecule has 1 aromatic carbocycles. The number of thiophene rings is 1. The van der Waals surface area contributed by atoms with Gasteiger partial charge in [-0.15, -0.1) is 0 Å². The Balaban J connectivity index is 1.89. The summed E-state index contributed by atoms with van der Waals surface area (Å²) in [5.74, 6) is 0.804. The largest absolute Gasteiger partial charge is 0.341 e. The number of nitrogens with two attached hydrogens (primary N) is 1. The molecule has 0 spiro atoms. The van der Waals surface area contributed by atoms with E-state index < -0.39 is 0 Å². The lowest BCUT2D eigenvalue weighted by molar-refractivity contribution is 0.682. The van der Waals surface area contributed by atoms with Gasteiger partial charge in [-0.1, -0.05) is 11.6 Å². The molecule has 0 aliphatic rings. The second-order valence-electron chi connectivity index (χ2n) is 4.23. The molecule has 3 nitrogen and oxygen atoms in total. The number of imidazole rings is 1. The van der Waals surface area contributed by atoms with Gasteiger partial charge < -0.3 is 10.7 Å². The summed E-state index contributed by atoms with van der Waals surface area (Å²) in [5.41, 5.74) is 9.23. The molecule has 0 aliphatic heterocycles. The monoisotopic (exact) mass is 277 g/mol. The van der Waals surface area contributed by atoms with Crippen LogP contribution in [0.2, 0.25) is 5.02 Å². The minimum atomic E-state index is -0.120. The summed E-state index contributed by atoms with van der Waals surface area (Å²) in [5, 5.41) is 4.86. The van der Waals surface area contributed by atoms with Crippen LogP contribution >= 0.6 is 22.9 Å². The maximum atomic E-state index is 6.17. The first-order chi connectivity index (χ1) is 8.72. The average molecular weight is 278 g/mol. The van der Waals surface area contributed by atoms with E-state index in [0.717, 1.165) is 23.3 Å². The zero-order chi connectivity index (χ0) is 12.5. The molecular formula is C13H12ClN3S. The van der Waals surface area contributed by atoms with Gasteiger partial charge in [0.1, 0.15) is 5.82 Å². The summed E-state index contributed by atoms with van der Waals surface area (Å²) in [4.78, 5) is 7.73. The molecule has 2 aromatic heterocycles. The number of H-pyrrole nitrogens is 1. The highest BCUT2D eigenvalue weighted by molar-refractivity contribution is 7.07. The van der Waals surface area contributed by atoms with Crippen molar-refractivity contribution in [2.24, 2.45) is 5.73 Å². The third kappa shape index (κ3) is 2.27. The number of rotatable bonds is 3. The Hall–Kier alpha value is -1.36. The van der Waals surface area contributed by atoms with Crippen LogP contribution in [0.1, 0.15) is 17.4 Å². The summed E-state index contributed by atoms with van der Waals surface area (Å²) in [6.07, 6.45) is 0.789. The summed E-state index contributed by atoms with van der Waals surface area (Å²) in [7, 11) is 0. The Bertz CT molecular complexity index is 660. The van der Waals surface area contributed by atoms with Crippen molar-refractivity contribution in [1.29, 1.82) is 0 Å². The molecule has 0 aliphatic carbocycles. The molecule has 0 unspecified atom stereocenters. The summed E-state index contributed by atoms with van der Waals surface area (Å²) >= 11 is 7.63. The van der Waals surface area contributed by atoms with Crippen molar-refractivity contribution in [2.75, 3.05) is 0 Å². The van der Waals surface area contributed by atoms with Gasteiger partial charge in [0.25, 0.3) is 0 Å². The van der Waals surface area contributed by atoms with Crippen LogP contribution in [-0.4, -0.2) is 9.97 Å². The molecule has 92 valence electrons. The van der Waals surface area contributed by atoms with Gasteiger partial charge in [0.2, 0.25) is 0 Å². The Morgan fingerprint density at radius 1 is 1.39 bits per heavy atom. The van der Waals surface area contributed by atoms with Gasteiger partial charge >= 0.3 is 0 Å². The number of hydrogen-bond acceptors (Lipinski definition) is 3. The highest BCUT2D eigenvalue weighted by Crippen LogP contribution is 2.21. The molecule has 0 bridgehead atoms. The van der Waals surface area contributed by atoms with E-state index in [9.17, 15) is 0 Å². The van der Waals surface area contributed by atoms with E-state index in [-0.39, 0.29) is 6.04 Å². The van der Waals surface area contributed by atoms with Crippen LogP contribution in [0, 0.1) is 0 Å². The van der Waals surface area contributed by atoms with Crippen molar-refractivity contribution in [3.05, 3.63) is 51.4 Å². The van der Waals surface area contributed by atoms with Gasteiger partial charge in [-0.3, -0.25) is 0 Å². The van der Waals surface area contributed by atoms with Crippen LogP contribution in [0.25, 0.3) is 11.0 Å². The van der Waals surface area contributed by atoms with Crippen molar-refractivity contribution in [2.45, 2.75) is 12.5 Å². The Labute approximate surface area is 114 Å². The van der Waals surface area contributed by atoms with Crippen LogP contribution in [0.5, 0.6) is 0 Å². The molecule has 3 rings (SSSR count). The fourth-order valence-corrected chi connectivity index (χ4v) is 2.79. The number of fused-ring (bicyclic) bond motifs is 1. The molecule has 0 saturated carbocycles. The predicted octanol–water partition coefficient (Wildman–Crippen LogP) is 3.52. The predicted molar refractivity (Wildman–Crippen MR) is 76.1 cm³/mol. The van der Waals surface area contributed by atoms with E-state index in [0.29, 0.717) is 5.02 Å². The van der Waals surface area contributed by atoms with E-state index in [2.05, 4.69) is 26.8 Å². The van der Waals surface area contributed by atoms with Gasteiger partial charge in [0.15, 0.2) is 0 Å². The second-order valence-corrected chi connectivity index (χ2v) is 5.44. The topological polar surface area (TPSA) is 54.7 Å². The van der Waals surface area contributed by atoms with Crippen LogP contribution in [0.4, 0.5) is 0 Å². The molecule has 0 fully saturated rings. The quantitative estimate of drug-likeness (QED) is 0.770. The van der Waals surface area contributed by atoms with E-state index in [1.165, 1.54) is 5.56 Å². The zero-order valence-electron chi connectivity index (χ0n) is 9.56. The van der Waals surface area contributed by atoms with E-state index in [1.54, 1.807) is 11.3 Å². The standard InChI is InChI=1S/C13H12ClN3S/c14-9-1-2-11-12(6-9)17-13(16-11)10(15)5-8-3-4-18-7-8/h1-4,6-7,10H,5,15H2,(H,16,17)/t10-/m0/s1. The Morgan fingerprint density at radius 3 is 3.06 bits per heavy atom. The first-order valence-corrected chi connectivity index (χ1v) is 6.96. The highest BCUT2D eigenvalue weighted by atomic mass is 35.5. The second kappa shape index (κ2) is 4.72. The number of hydrogen-bond donors (Lipinski definition) is 2. The molecule has 3 aromatic rings. The van der Waals surface area contributed by atoms with E-state index >= 15 is 0 Å². The van der Waals surface area contributed by atoms with E-state index in [1.807, 2.05) is 18.2 Å². The van der Waals surface area contributed by atoms with Crippen LogP contribution in [0.15, 0.2) is 35.0 Å². The van der Waals surface area contributed by atoms with Crippen molar-refractivity contribution >= 4 is 34.0 Å². The number of aromatic nitrogens is 2. The van der Waals surface area contributed by atoms with Crippen LogP contribution < -0.4 is 5.73 Å². The fourth-order valence-electron chi connectivity index (χ4n) is 1.94. The smallest absolute Gasteiger partial charge is 0.124 e. The zero-order valence-corrected chi connectivity index (χ0v) is 11.1. The number of benzene rings is 1. The molecule has 5 heteroatoms. The molecule has 2 heterocycles. The lowest BCUT2D eigenvalue weighted by atomic mass is 10.1. The average Bonchev–Trinajstić information content (AvgIpc) is 2.96. The molecule has 1 atom stereocenters. The Morgan fingerprint density at radius 2 is 2.28 bits per heavy atom. The fraction of sp³-hybridized carbons (Fsp3) is 0.154. The molecule has 18 heavy (non-hydrogen) atoms. The highest BCUT2D eigenvalue weighted by Gasteiger charge is 2.12. The van der Waals surface area contributed by atoms with Gasteiger partial charge in [-0.2, -0.15) is 11.3 Å². The van der Waals surface area contributed by atoms with Crippen molar-refractivity contribution in [1.82, 2.24) is 9.97 Å². The minimum Gasteiger partial charge on any atom is -0.341 e. The first-order valence-electron chi connectivity index (χ1n) is 5.64. The number of aromatic amines is 1. The van der Waals surface area contributed by atoms with Crippen LogP contribution in [0.3, 0.4) is 0 Å². The van der Waals surface area contributed by atoms with Gasteiger partial charge in [-0.25, -0.2) is 4.98 Å². The van der Waals surface area contributed by atoms with Gasteiger partial charge in [-0.05, 0) is 47.0 Å². The minimum absolute atomic E-state index is 0.120. The van der Waals surface area contributed by atoms with Crippen molar-refractivity contribution < 1.29 is 0 Å². The maximum absolute atomic E-state index is 6.17. The van der Waals surface area contributed by atoms with Gasteiger partial charge in [0, 0.05) is 5.02 Å². The third-order valence-electron chi connectivity index (χ3n) is 2.85.